The van der Waals surface area contributed by atoms with Crippen LogP contribution in [0.1, 0.15) is 52.4 Å². The van der Waals surface area contributed by atoms with Crippen LogP contribution in [0.2, 0.25) is 0 Å². The van der Waals surface area contributed by atoms with E-state index in [1.165, 1.54) is 19.3 Å². The zero-order valence-corrected chi connectivity index (χ0v) is 9.98. The monoisotopic (exact) mass is 220 g/mol. The Balaban J connectivity index is 3.34. The third kappa shape index (κ3) is 7.19. The largest absolute Gasteiger partial charge is 0.465 e. The van der Waals surface area contributed by atoms with E-state index in [9.17, 15) is 4.79 Å². The molecule has 1 atom stereocenters. The van der Waals surface area contributed by atoms with Crippen LogP contribution in [0, 0.1) is 0 Å². The van der Waals surface area contributed by atoms with Gasteiger partial charge in [0.2, 0.25) is 0 Å². The molecule has 0 saturated heterocycles. The lowest BCUT2D eigenvalue weighted by molar-refractivity contribution is -0.142. The highest BCUT2D eigenvalue weighted by atomic mass is 35.5. The maximum Gasteiger partial charge on any atom is 0.324 e. The maximum absolute atomic E-state index is 11.1. The Bertz CT molecular complexity index is 148. The van der Waals surface area contributed by atoms with Gasteiger partial charge >= 0.3 is 5.97 Å². The van der Waals surface area contributed by atoms with Gasteiger partial charge in [0.1, 0.15) is 5.38 Å². The van der Waals surface area contributed by atoms with E-state index in [1.807, 2.05) is 0 Å². The SMILES string of the molecule is CCCCCCCC(Cl)C(=O)OCC. The number of hydrogen-bond donors (Lipinski definition) is 0. The summed E-state index contributed by atoms with van der Waals surface area (Å²) in [4.78, 5) is 11.1. The Morgan fingerprint density at radius 1 is 1.21 bits per heavy atom. The molecule has 0 aliphatic heterocycles. The molecule has 0 aliphatic carbocycles. The van der Waals surface area contributed by atoms with E-state index in [0.717, 1.165) is 19.3 Å². The third-order valence-electron chi connectivity index (χ3n) is 2.10. The summed E-state index contributed by atoms with van der Waals surface area (Å²) in [6, 6.07) is 0. The van der Waals surface area contributed by atoms with Crippen LogP contribution in [0.3, 0.4) is 0 Å². The minimum absolute atomic E-state index is 0.273. The van der Waals surface area contributed by atoms with Crippen LogP contribution in [0.15, 0.2) is 0 Å². The number of hydrogen-bond acceptors (Lipinski definition) is 2. The average Bonchev–Trinajstić information content (AvgIpc) is 2.17. The molecule has 0 bridgehead atoms. The second kappa shape index (κ2) is 9.32. The van der Waals surface area contributed by atoms with Gasteiger partial charge in [-0.05, 0) is 13.3 Å². The fourth-order valence-corrected chi connectivity index (χ4v) is 1.49. The number of ether oxygens (including phenoxy) is 1. The third-order valence-corrected chi connectivity index (χ3v) is 2.50. The van der Waals surface area contributed by atoms with Crippen LogP contribution in [0.4, 0.5) is 0 Å². The first-order chi connectivity index (χ1) is 6.72. The lowest BCUT2D eigenvalue weighted by Gasteiger charge is -2.07. The van der Waals surface area contributed by atoms with Crippen LogP contribution in [-0.4, -0.2) is 18.0 Å². The fourth-order valence-electron chi connectivity index (χ4n) is 1.28. The normalized spacial score (nSPS) is 12.5. The molecular formula is C11H21ClO2. The van der Waals surface area contributed by atoms with Crippen molar-refractivity contribution in [3.63, 3.8) is 0 Å². The average molecular weight is 221 g/mol. The predicted octanol–water partition coefficient (Wildman–Crippen LogP) is 3.52. The van der Waals surface area contributed by atoms with Gasteiger partial charge in [-0.2, -0.15) is 0 Å². The van der Waals surface area contributed by atoms with E-state index in [1.54, 1.807) is 6.92 Å². The molecule has 0 N–H and O–H groups in total. The topological polar surface area (TPSA) is 26.3 Å². The number of rotatable bonds is 8. The van der Waals surface area contributed by atoms with E-state index in [2.05, 4.69) is 6.92 Å². The van der Waals surface area contributed by atoms with Crippen molar-refractivity contribution in [2.24, 2.45) is 0 Å². The number of esters is 1. The van der Waals surface area contributed by atoms with Crippen LogP contribution in [-0.2, 0) is 9.53 Å². The Morgan fingerprint density at radius 3 is 2.43 bits per heavy atom. The van der Waals surface area contributed by atoms with Crippen molar-refractivity contribution in [2.45, 2.75) is 57.7 Å². The molecular weight excluding hydrogens is 200 g/mol. The number of alkyl halides is 1. The highest BCUT2D eigenvalue weighted by Crippen LogP contribution is 2.12. The first-order valence-corrected chi connectivity index (χ1v) is 5.96. The molecule has 0 rings (SSSR count). The molecule has 0 saturated carbocycles. The van der Waals surface area contributed by atoms with Gasteiger partial charge in [-0.15, -0.1) is 11.6 Å². The molecule has 0 radical (unpaired) electrons. The minimum Gasteiger partial charge on any atom is -0.465 e. The summed E-state index contributed by atoms with van der Waals surface area (Å²) in [5.74, 6) is -0.273. The van der Waals surface area contributed by atoms with Crippen molar-refractivity contribution in [3.8, 4) is 0 Å². The van der Waals surface area contributed by atoms with Crippen LogP contribution in [0.25, 0.3) is 0 Å². The van der Waals surface area contributed by atoms with Gasteiger partial charge in [-0.1, -0.05) is 39.0 Å². The Morgan fingerprint density at radius 2 is 1.86 bits per heavy atom. The molecule has 0 fully saturated rings. The molecule has 3 heteroatoms. The molecule has 14 heavy (non-hydrogen) atoms. The second-order valence-corrected chi connectivity index (χ2v) is 3.95. The summed E-state index contributed by atoms with van der Waals surface area (Å²) in [7, 11) is 0. The Labute approximate surface area is 92.0 Å². The Hall–Kier alpha value is -0.240. The zero-order valence-electron chi connectivity index (χ0n) is 9.22. The molecule has 2 nitrogen and oxygen atoms in total. The summed E-state index contributed by atoms with van der Waals surface area (Å²) in [6.07, 6.45) is 6.67. The quantitative estimate of drug-likeness (QED) is 0.356. The lowest BCUT2D eigenvalue weighted by Crippen LogP contribution is -2.17. The van der Waals surface area contributed by atoms with Gasteiger partial charge in [-0.25, -0.2) is 0 Å². The van der Waals surface area contributed by atoms with E-state index >= 15 is 0 Å². The van der Waals surface area contributed by atoms with E-state index in [0.29, 0.717) is 6.61 Å². The Kier molecular flexibility index (Phi) is 9.16. The van der Waals surface area contributed by atoms with Crippen molar-refractivity contribution in [1.82, 2.24) is 0 Å². The standard InChI is InChI=1S/C11H21ClO2/c1-3-5-6-7-8-9-10(12)11(13)14-4-2/h10H,3-9H2,1-2H3. The molecule has 0 spiro atoms. The fraction of sp³-hybridized carbons (Fsp3) is 0.909. The molecule has 1 unspecified atom stereocenters. The van der Waals surface area contributed by atoms with Gasteiger partial charge in [-0.3, -0.25) is 4.79 Å². The molecule has 0 aromatic heterocycles. The van der Waals surface area contributed by atoms with Crippen molar-refractivity contribution in [3.05, 3.63) is 0 Å². The smallest absolute Gasteiger partial charge is 0.324 e. The summed E-state index contributed by atoms with van der Waals surface area (Å²) in [5, 5.41) is -0.448. The van der Waals surface area contributed by atoms with Crippen LogP contribution in [0.5, 0.6) is 0 Å². The van der Waals surface area contributed by atoms with E-state index < -0.39 is 5.38 Å². The summed E-state index contributed by atoms with van der Waals surface area (Å²) < 4.78 is 4.81. The molecule has 84 valence electrons. The minimum atomic E-state index is -0.448. The van der Waals surface area contributed by atoms with Gasteiger partial charge in [0.25, 0.3) is 0 Å². The summed E-state index contributed by atoms with van der Waals surface area (Å²) in [5.41, 5.74) is 0. The number of unbranched alkanes of at least 4 members (excludes halogenated alkanes) is 4. The highest BCUT2D eigenvalue weighted by molar-refractivity contribution is 6.29. The molecule has 0 heterocycles. The van der Waals surface area contributed by atoms with Crippen LogP contribution < -0.4 is 0 Å². The van der Waals surface area contributed by atoms with E-state index in [4.69, 9.17) is 16.3 Å². The van der Waals surface area contributed by atoms with Crippen LogP contribution >= 0.6 is 11.6 Å². The maximum atomic E-state index is 11.1. The second-order valence-electron chi connectivity index (χ2n) is 3.42. The first kappa shape index (κ1) is 13.8. The van der Waals surface area contributed by atoms with Crippen molar-refractivity contribution >= 4 is 17.6 Å². The number of halogens is 1. The van der Waals surface area contributed by atoms with Gasteiger partial charge < -0.3 is 4.74 Å². The van der Waals surface area contributed by atoms with Crippen molar-refractivity contribution in [1.29, 1.82) is 0 Å². The number of carbonyl (C=O) groups is 1. The molecule has 0 aromatic rings. The molecule has 0 aliphatic rings. The zero-order chi connectivity index (χ0) is 10.8. The molecule has 0 amide bonds. The van der Waals surface area contributed by atoms with Crippen molar-refractivity contribution < 1.29 is 9.53 Å². The van der Waals surface area contributed by atoms with Crippen molar-refractivity contribution in [2.75, 3.05) is 6.61 Å². The van der Waals surface area contributed by atoms with Gasteiger partial charge in [0, 0.05) is 0 Å². The predicted molar refractivity (Wildman–Crippen MR) is 59.7 cm³/mol. The molecule has 0 aromatic carbocycles. The van der Waals surface area contributed by atoms with E-state index in [-0.39, 0.29) is 5.97 Å². The summed E-state index contributed by atoms with van der Waals surface area (Å²) in [6.45, 7) is 4.39. The first-order valence-electron chi connectivity index (χ1n) is 5.53. The van der Waals surface area contributed by atoms with Gasteiger partial charge in [0.05, 0.1) is 6.61 Å². The lowest BCUT2D eigenvalue weighted by atomic mass is 10.1. The highest BCUT2D eigenvalue weighted by Gasteiger charge is 2.15. The van der Waals surface area contributed by atoms with Gasteiger partial charge in [0.15, 0.2) is 0 Å². The number of carbonyl (C=O) groups excluding carboxylic acids is 1. The summed E-state index contributed by atoms with van der Waals surface area (Å²) >= 11 is 5.85.